The summed E-state index contributed by atoms with van der Waals surface area (Å²) in [6.45, 7) is 0.764. The lowest BCUT2D eigenvalue weighted by Gasteiger charge is -2.19. The van der Waals surface area contributed by atoms with Gasteiger partial charge in [-0.15, -0.1) is 0 Å². The number of hydrazine groups is 1. The number of nitrogens with one attached hydrogen (secondary N) is 1. The van der Waals surface area contributed by atoms with Crippen molar-refractivity contribution in [3.8, 4) is 0 Å². The normalized spacial score (nSPS) is 10.2. The summed E-state index contributed by atoms with van der Waals surface area (Å²) < 4.78 is 0.833. The van der Waals surface area contributed by atoms with E-state index < -0.39 is 0 Å². The fraction of sp³-hybridized carbons (Fsp3) is 0.167. The molecule has 0 atom stereocenters. The first-order valence-corrected chi connectivity index (χ1v) is 6.24. The summed E-state index contributed by atoms with van der Waals surface area (Å²) in [6, 6.07) is 10.2. The van der Waals surface area contributed by atoms with E-state index in [1.54, 1.807) is 6.20 Å². The van der Waals surface area contributed by atoms with Gasteiger partial charge < -0.3 is 4.90 Å². The van der Waals surface area contributed by atoms with E-state index >= 15 is 0 Å². The van der Waals surface area contributed by atoms with Crippen molar-refractivity contribution in [3.63, 3.8) is 0 Å². The predicted octanol–water partition coefficient (Wildman–Crippen LogP) is 2.16. The third kappa shape index (κ3) is 2.96. The molecule has 0 spiro atoms. The van der Waals surface area contributed by atoms with Crippen molar-refractivity contribution in [2.75, 3.05) is 17.4 Å². The molecule has 0 radical (unpaired) electrons. The maximum absolute atomic E-state index is 5.31. The maximum atomic E-state index is 5.31. The number of anilines is 2. The number of nitrogens with two attached hydrogens (primary N) is 1. The average molecular weight is 308 g/mol. The van der Waals surface area contributed by atoms with Gasteiger partial charge in [0.05, 0.1) is 4.47 Å². The van der Waals surface area contributed by atoms with Crippen LogP contribution < -0.4 is 16.2 Å². The number of benzene rings is 1. The highest BCUT2D eigenvalue weighted by atomic mass is 79.9. The summed E-state index contributed by atoms with van der Waals surface area (Å²) >= 11 is 3.44. The largest absolute Gasteiger partial charge is 0.354 e. The molecular formula is C12H14BrN5. The molecule has 5 nitrogen and oxygen atoms in total. The molecule has 18 heavy (non-hydrogen) atoms. The van der Waals surface area contributed by atoms with Gasteiger partial charge in [-0.25, -0.2) is 10.8 Å². The van der Waals surface area contributed by atoms with Crippen molar-refractivity contribution in [2.24, 2.45) is 5.84 Å². The van der Waals surface area contributed by atoms with Crippen molar-refractivity contribution >= 4 is 27.7 Å². The Kier molecular flexibility index (Phi) is 4.11. The minimum atomic E-state index is 0.396. The third-order valence-corrected chi connectivity index (χ3v) is 3.04. The van der Waals surface area contributed by atoms with E-state index in [0.29, 0.717) is 5.95 Å². The van der Waals surface area contributed by atoms with Gasteiger partial charge >= 0.3 is 0 Å². The molecule has 0 unspecified atom stereocenters. The monoisotopic (exact) mass is 307 g/mol. The molecule has 0 aliphatic carbocycles. The smallest absolute Gasteiger partial charge is 0.239 e. The minimum Gasteiger partial charge on any atom is -0.354 e. The fourth-order valence-electron chi connectivity index (χ4n) is 1.63. The lowest BCUT2D eigenvalue weighted by Crippen LogP contribution is -2.20. The van der Waals surface area contributed by atoms with Crippen molar-refractivity contribution in [3.05, 3.63) is 46.6 Å². The van der Waals surface area contributed by atoms with Gasteiger partial charge in [0.15, 0.2) is 0 Å². The van der Waals surface area contributed by atoms with Gasteiger partial charge in [-0.05, 0) is 21.5 Å². The van der Waals surface area contributed by atoms with Crippen LogP contribution in [-0.2, 0) is 6.54 Å². The highest BCUT2D eigenvalue weighted by Crippen LogP contribution is 2.24. The Morgan fingerprint density at radius 2 is 2.06 bits per heavy atom. The van der Waals surface area contributed by atoms with Gasteiger partial charge in [-0.2, -0.15) is 4.98 Å². The van der Waals surface area contributed by atoms with E-state index in [-0.39, 0.29) is 0 Å². The molecule has 6 heteroatoms. The zero-order valence-electron chi connectivity index (χ0n) is 9.97. The Morgan fingerprint density at radius 1 is 1.33 bits per heavy atom. The first-order valence-electron chi connectivity index (χ1n) is 5.45. The number of rotatable bonds is 4. The quantitative estimate of drug-likeness (QED) is 0.669. The topological polar surface area (TPSA) is 67.1 Å². The molecule has 1 aromatic heterocycles. The molecule has 1 heterocycles. The summed E-state index contributed by atoms with van der Waals surface area (Å²) in [5.41, 5.74) is 3.66. The average Bonchev–Trinajstić information content (AvgIpc) is 2.40. The molecule has 2 aromatic rings. The number of nitrogens with zero attached hydrogens (tertiary/aromatic N) is 3. The van der Waals surface area contributed by atoms with Gasteiger partial charge in [-0.3, -0.25) is 5.43 Å². The van der Waals surface area contributed by atoms with Crippen LogP contribution in [0.1, 0.15) is 5.56 Å². The van der Waals surface area contributed by atoms with Crippen LogP contribution in [0.25, 0.3) is 0 Å². The Balaban J connectivity index is 2.20. The van der Waals surface area contributed by atoms with E-state index in [2.05, 4.69) is 43.5 Å². The van der Waals surface area contributed by atoms with Crippen LogP contribution in [-0.4, -0.2) is 17.0 Å². The molecule has 94 valence electrons. The second-order valence-corrected chi connectivity index (χ2v) is 4.71. The number of hydrogen-bond donors (Lipinski definition) is 2. The molecule has 0 amide bonds. The van der Waals surface area contributed by atoms with Crippen molar-refractivity contribution in [2.45, 2.75) is 6.54 Å². The molecule has 2 rings (SSSR count). The van der Waals surface area contributed by atoms with Gasteiger partial charge in [-0.1, -0.05) is 30.3 Å². The van der Waals surface area contributed by atoms with E-state index in [0.717, 1.165) is 16.8 Å². The second kappa shape index (κ2) is 5.79. The Labute approximate surface area is 114 Å². The first-order chi connectivity index (χ1) is 8.70. The van der Waals surface area contributed by atoms with Crippen LogP contribution in [0.3, 0.4) is 0 Å². The molecule has 3 N–H and O–H groups in total. The van der Waals surface area contributed by atoms with Crippen LogP contribution in [0.2, 0.25) is 0 Å². The molecule has 0 saturated carbocycles. The summed E-state index contributed by atoms with van der Waals surface area (Å²) in [7, 11) is 1.97. The highest BCUT2D eigenvalue weighted by Gasteiger charge is 2.09. The van der Waals surface area contributed by atoms with Crippen LogP contribution in [0.15, 0.2) is 41.0 Å². The van der Waals surface area contributed by atoms with E-state index in [9.17, 15) is 0 Å². The molecule has 0 saturated heterocycles. The lowest BCUT2D eigenvalue weighted by molar-refractivity contribution is 0.886. The molecule has 1 aromatic carbocycles. The highest BCUT2D eigenvalue weighted by molar-refractivity contribution is 9.10. The SMILES string of the molecule is CN(Cc1ccccc1)c1nc(NN)ncc1Br. The Hall–Kier alpha value is -1.66. The summed E-state index contributed by atoms with van der Waals surface area (Å²) in [5.74, 6) is 6.50. The van der Waals surface area contributed by atoms with Crippen LogP contribution in [0.5, 0.6) is 0 Å². The van der Waals surface area contributed by atoms with Gasteiger partial charge in [0.25, 0.3) is 0 Å². The summed E-state index contributed by atoms with van der Waals surface area (Å²) in [4.78, 5) is 10.4. The zero-order chi connectivity index (χ0) is 13.0. The molecule has 0 bridgehead atoms. The van der Waals surface area contributed by atoms with Gasteiger partial charge in [0.2, 0.25) is 5.95 Å². The van der Waals surface area contributed by atoms with Crippen LogP contribution in [0, 0.1) is 0 Å². The molecular weight excluding hydrogens is 294 g/mol. The molecule has 0 fully saturated rings. The minimum absolute atomic E-state index is 0.396. The van der Waals surface area contributed by atoms with Gasteiger partial charge in [0, 0.05) is 19.8 Å². The Morgan fingerprint density at radius 3 is 2.72 bits per heavy atom. The number of halogens is 1. The predicted molar refractivity (Wildman–Crippen MR) is 76.1 cm³/mol. The lowest BCUT2D eigenvalue weighted by atomic mass is 10.2. The first kappa shape index (κ1) is 12.8. The van der Waals surface area contributed by atoms with E-state index in [1.807, 2.05) is 30.1 Å². The third-order valence-electron chi connectivity index (χ3n) is 2.48. The van der Waals surface area contributed by atoms with Crippen LogP contribution in [0.4, 0.5) is 11.8 Å². The van der Waals surface area contributed by atoms with E-state index in [1.165, 1.54) is 5.56 Å². The fourth-order valence-corrected chi connectivity index (χ4v) is 2.12. The van der Waals surface area contributed by atoms with Crippen molar-refractivity contribution in [1.82, 2.24) is 9.97 Å². The molecule has 0 aliphatic rings. The molecule has 0 aliphatic heterocycles. The van der Waals surface area contributed by atoms with Crippen molar-refractivity contribution < 1.29 is 0 Å². The second-order valence-electron chi connectivity index (χ2n) is 3.85. The Bertz CT molecular complexity index is 517. The van der Waals surface area contributed by atoms with Crippen LogP contribution >= 0.6 is 15.9 Å². The number of hydrogen-bond acceptors (Lipinski definition) is 5. The summed E-state index contributed by atoms with van der Waals surface area (Å²) in [5, 5.41) is 0. The van der Waals surface area contributed by atoms with E-state index in [4.69, 9.17) is 5.84 Å². The maximum Gasteiger partial charge on any atom is 0.239 e. The van der Waals surface area contributed by atoms with Gasteiger partial charge in [0.1, 0.15) is 5.82 Å². The standard InChI is InChI=1S/C12H14BrN5/c1-18(8-9-5-3-2-4-6-9)11-10(13)7-15-12(16-11)17-14/h2-7H,8,14H2,1H3,(H,15,16,17). The number of nitrogen functional groups attached to an aromatic ring is 1. The zero-order valence-corrected chi connectivity index (χ0v) is 11.6. The number of aromatic nitrogens is 2. The summed E-state index contributed by atoms with van der Waals surface area (Å²) in [6.07, 6.45) is 1.68. The van der Waals surface area contributed by atoms with Crippen molar-refractivity contribution in [1.29, 1.82) is 0 Å².